The largest absolute Gasteiger partial charge is 0.291 e. The zero-order chi connectivity index (χ0) is 14.0. The van der Waals surface area contributed by atoms with Crippen LogP contribution < -0.4 is 0 Å². The molecule has 0 spiro atoms. The van der Waals surface area contributed by atoms with Crippen molar-refractivity contribution in [3.63, 3.8) is 0 Å². The molecule has 0 atom stereocenters. The summed E-state index contributed by atoms with van der Waals surface area (Å²) in [6.45, 7) is 2.82. The van der Waals surface area contributed by atoms with Gasteiger partial charge in [-0.05, 0) is 24.8 Å². The first kappa shape index (κ1) is 13.0. The van der Waals surface area contributed by atoms with Crippen molar-refractivity contribution in [3.8, 4) is 0 Å². The molecular formula is C16H19N3O. The monoisotopic (exact) mass is 269 g/mol. The lowest BCUT2D eigenvalue weighted by Crippen LogP contribution is -2.43. The van der Waals surface area contributed by atoms with E-state index in [1.165, 1.54) is 0 Å². The average molecular weight is 269 g/mol. The Labute approximate surface area is 118 Å². The van der Waals surface area contributed by atoms with Gasteiger partial charge in [-0.2, -0.15) is 0 Å². The summed E-state index contributed by atoms with van der Waals surface area (Å²) in [4.78, 5) is 13.0. The first-order chi connectivity index (χ1) is 9.78. The van der Waals surface area contributed by atoms with Gasteiger partial charge in [0.1, 0.15) is 5.69 Å². The molecule has 104 valence electrons. The summed E-state index contributed by atoms with van der Waals surface area (Å²) in [7, 11) is 0. The van der Waals surface area contributed by atoms with E-state index in [9.17, 15) is 4.79 Å². The maximum Gasteiger partial charge on any atom is 0.192 e. The molecule has 0 N–H and O–H groups in total. The van der Waals surface area contributed by atoms with Crippen LogP contribution in [0.5, 0.6) is 0 Å². The Balaban J connectivity index is 1.97. The Hall–Kier alpha value is -1.97. The molecule has 0 radical (unpaired) electrons. The standard InChI is InChI=1S/C16H19N3O/c1-2-11-19-14(12-17-18-19)15(20)16(9-6-10-16)13-7-4-3-5-8-13/h3-5,7-8,12H,2,6,9-11H2,1H3. The second kappa shape index (κ2) is 5.19. The van der Waals surface area contributed by atoms with Gasteiger partial charge in [0.25, 0.3) is 0 Å². The molecule has 1 aromatic heterocycles. The second-order valence-electron chi connectivity index (χ2n) is 5.47. The van der Waals surface area contributed by atoms with Crippen molar-refractivity contribution in [1.29, 1.82) is 0 Å². The third-order valence-corrected chi connectivity index (χ3v) is 4.25. The van der Waals surface area contributed by atoms with E-state index < -0.39 is 0 Å². The Bertz CT molecular complexity index is 599. The van der Waals surface area contributed by atoms with Crippen LogP contribution in [0.25, 0.3) is 0 Å². The number of hydrogen-bond donors (Lipinski definition) is 0. The van der Waals surface area contributed by atoms with Crippen molar-refractivity contribution in [3.05, 3.63) is 47.8 Å². The summed E-state index contributed by atoms with van der Waals surface area (Å²) in [5.41, 5.74) is 1.42. The molecule has 1 heterocycles. The number of aryl methyl sites for hydroxylation is 1. The molecule has 1 fully saturated rings. The van der Waals surface area contributed by atoms with Gasteiger partial charge in [-0.15, -0.1) is 5.10 Å². The second-order valence-corrected chi connectivity index (χ2v) is 5.47. The fraction of sp³-hybridized carbons (Fsp3) is 0.438. The molecule has 3 rings (SSSR count). The topological polar surface area (TPSA) is 47.8 Å². The molecular weight excluding hydrogens is 250 g/mol. The molecule has 20 heavy (non-hydrogen) atoms. The fourth-order valence-corrected chi connectivity index (χ4v) is 2.99. The minimum atomic E-state index is -0.353. The van der Waals surface area contributed by atoms with Crippen LogP contribution in [0.3, 0.4) is 0 Å². The number of aromatic nitrogens is 3. The Morgan fingerprint density at radius 3 is 2.65 bits per heavy atom. The maximum atomic E-state index is 13.0. The molecule has 2 aromatic rings. The van der Waals surface area contributed by atoms with Crippen molar-refractivity contribution in [1.82, 2.24) is 15.0 Å². The zero-order valence-electron chi connectivity index (χ0n) is 11.7. The summed E-state index contributed by atoms with van der Waals surface area (Å²) < 4.78 is 1.74. The molecule has 1 aliphatic carbocycles. The molecule has 0 amide bonds. The summed E-state index contributed by atoms with van der Waals surface area (Å²) in [5, 5.41) is 7.96. The van der Waals surface area contributed by atoms with Gasteiger partial charge in [0.2, 0.25) is 0 Å². The molecule has 4 nitrogen and oxygen atoms in total. The number of nitrogens with zero attached hydrogens (tertiary/aromatic N) is 3. The van der Waals surface area contributed by atoms with E-state index in [1.54, 1.807) is 10.9 Å². The number of rotatable bonds is 5. The van der Waals surface area contributed by atoms with Gasteiger partial charge in [-0.1, -0.05) is 48.9 Å². The predicted octanol–water partition coefficient (Wildman–Crippen LogP) is 2.99. The molecule has 1 saturated carbocycles. The zero-order valence-corrected chi connectivity index (χ0v) is 11.7. The van der Waals surface area contributed by atoms with E-state index in [1.807, 2.05) is 18.2 Å². The number of ketones is 1. The molecule has 0 aliphatic heterocycles. The van der Waals surface area contributed by atoms with Gasteiger partial charge in [0.05, 0.1) is 11.6 Å². The summed E-state index contributed by atoms with van der Waals surface area (Å²) in [5.74, 6) is 0.174. The van der Waals surface area contributed by atoms with E-state index >= 15 is 0 Å². The predicted molar refractivity (Wildman–Crippen MR) is 76.6 cm³/mol. The normalized spacial score (nSPS) is 16.6. The highest BCUT2D eigenvalue weighted by molar-refractivity contribution is 6.03. The minimum absolute atomic E-state index is 0.174. The number of carbonyl (C=O) groups excluding carboxylic acids is 1. The Morgan fingerprint density at radius 1 is 1.30 bits per heavy atom. The average Bonchev–Trinajstić information content (AvgIpc) is 2.87. The van der Waals surface area contributed by atoms with Crippen LogP contribution in [0.1, 0.15) is 48.7 Å². The lowest BCUT2D eigenvalue weighted by atomic mass is 9.61. The van der Waals surface area contributed by atoms with E-state index in [0.717, 1.165) is 37.8 Å². The van der Waals surface area contributed by atoms with Crippen LogP contribution in [0.15, 0.2) is 36.5 Å². The first-order valence-corrected chi connectivity index (χ1v) is 7.27. The van der Waals surface area contributed by atoms with Gasteiger partial charge in [-0.25, -0.2) is 4.68 Å². The Kier molecular flexibility index (Phi) is 3.38. The molecule has 4 heteroatoms. The highest BCUT2D eigenvalue weighted by Gasteiger charge is 2.46. The van der Waals surface area contributed by atoms with Gasteiger partial charge >= 0.3 is 0 Å². The quantitative estimate of drug-likeness (QED) is 0.784. The number of benzene rings is 1. The van der Waals surface area contributed by atoms with Crippen LogP contribution in [0.4, 0.5) is 0 Å². The van der Waals surface area contributed by atoms with E-state index in [-0.39, 0.29) is 11.2 Å². The SMILES string of the molecule is CCCn1nncc1C(=O)C1(c2ccccc2)CCC1. The van der Waals surface area contributed by atoms with Gasteiger partial charge in [0, 0.05) is 6.54 Å². The van der Waals surface area contributed by atoms with Crippen LogP contribution >= 0.6 is 0 Å². The highest BCUT2D eigenvalue weighted by atomic mass is 16.1. The smallest absolute Gasteiger partial charge is 0.192 e. The fourth-order valence-electron chi connectivity index (χ4n) is 2.99. The van der Waals surface area contributed by atoms with Crippen molar-refractivity contribution < 1.29 is 4.79 Å². The number of carbonyl (C=O) groups is 1. The lowest BCUT2D eigenvalue weighted by Gasteiger charge is -2.40. The molecule has 0 saturated heterocycles. The van der Waals surface area contributed by atoms with E-state index in [2.05, 4.69) is 29.4 Å². The lowest BCUT2D eigenvalue weighted by molar-refractivity contribution is 0.0776. The van der Waals surface area contributed by atoms with Crippen molar-refractivity contribution in [2.45, 2.75) is 44.6 Å². The van der Waals surface area contributed by atoms with Crippen molar-refractivity contribution in [2.24, 2.45) is 0 Å². The third-order valence-electron chi connectivity index (χ3n) is 4.25. The Morgan fingerprint density at radius 2 is 2.05 bits per heavy atom. The molecule has 1 aliphatic rings. The maximum absolute atomic E-state index is 13.0. The summed E-state index contributed by atoms with van der Waals surface area (Å²) in [6.07, 6.45) is 5.51. The van der Waals surface area contributed by atoms with Gasteiger partial charge in [0.15, 0.2) is 5.78 Å². The van der Waals surface area contributed by atoms with E-state index in [4.69, 9.17) is 0 Å². The molecule has 0 bridgehead atoms. The minimum Gasteiger partial charge on any atom is -0.291 e. The number of Topliss-reactive ketones (excluding diaryl/α,β-unsaturated/α-hetero) is 1. The van der Waals surface area contributed by atoms with Crippen molar-refractivity contribution >= 4 is 5.78 Å². The summed E-state index contributed by atoms with van der Waals surface area (Å²) in [6, 6.07) is 10.1. The molecule has 1 aromatic carbocycles. The van der Waals surface area contributed by atoms with Crippen LogP contribution in [-0.2, 0) is 12.0 Å². The first-order valence-electron chi connectivity index (χ1n) is 7.27. The van der Waals surface area contributed by atoms with Crippen LogP contribution in [0.2, 0.25) is 0 Å². The van der Waals surface area contributed by atoms with Gasteiger partial charge in [-0.3, -0.25) is 4.79 Å². The van der Waals surface area contributed by atoms with Crippen LogP contribution in [0, 0.1) is 0 Å². The van der Waals surface area contributed by atoms with Gasteiger partial charge < -0.3 is 0 Å². The van der Waals surface area contributed by atoms with Crippen LogP contribution in [-0.4, -0.2) is 20.8 Å². The summed E-state index contributed by atoms with van der Waals surface area (Å²) >= 11 is 0. The highest BCUT2D eigenvalue weighted by Crippen LogP contribution is 2.45. The van der Waals surface area contributed by atoms with E-state index in [0.29, 0.717) is 5.69 Å². The number of hydrogen-bond acceptors (Lipinski definition) is 3. The van der Waals surface area contributed by atoms with Crippen molar-refractivity contribution in [2.75, 3.05) is 0 Å². The molecule has 0 unspecified atom stereocenters. The third kappa shape index (κ3) is 1.96.